The number of nitrogens with zero attached hydrogens (tertiary/aromatic N) is 1. The van der Waals surface area contributed by atoms with E-state index in [0.717, 1.165) is 50.2 Å². The van der Waals surface area contributed by atoms with Gasteiger partial charge in [-0.3, -0.25) is 0 Å². The van der Waals surface area contributed by atoms with Crippen molar-refractivity contribution in [3.8, 4) is 22.3 Å². The summed E-state index contributed by atoms with van der Waals surface area (Å²) in [7, 11) is 0. The molecule has 0 amide bonds. The minimum absolute atomic E-state index is 0.0398. The van der Waals surface area contributed by atoms with Gasteiger partial charge >= 0.3 is 0 Å². The quantitative estimate of drug-likeness (QED) is 0.179. The maximum atomic E-state index is 7.03. The smallest absolute Gasteiger partial charge is 0.139 e. The largest absolute Gasteiger partial charge is 0.456 e. The molecule has 3 nitrogen and oxygen atoms in total. The number of fused-ring (bicyclic) bond motifs is 13. The molecular weight excluding hydrogens is 719 g/mol. The maximum absolute atomic E-state index is 7.03. The van der Waals surface area contributed by atoms with Gasteiger partial charge in [-0.1, -0.05) is 148 Å². The van der Waals surface area contributed by atoms with Gasteiger partial charge in [0, 0.05) is 43.8 Å². The number of benzene rings is 7. The van der Waals surface area contributed by atoms with Crippen molar-refractivity contribution >= 4 is 60.9 Å². The molecule has 0 N–H and O–H groups in total. The van der Waals surface area contributed by atoms with Crippen LogP contribution in [0.1, 0.15) is 103 Å². The first-order valence-electron chi connectivity index (χ1n) is 21.2. The Morgan fingerprint density at radius 2 is 1.10 bits per heavy atom. The fourth-order valence-corrected chi connectivity index (χ4v) is 10.6. The second-order valence-corrected chi connectivity index (χ2v) is 20.2. The molecule has 0 fully saturated rings. The molecule has 292 valence electrons. The van der Waals surface area contributed by atoms with Crippen LogP contribution in [0.5, 0.6) is 0 Å². The summed E-state index contributed by atoms with van der Waals surface area (Å²) in [5.74, 6) is 0. The van der Waals surface area contributed by atoms with Crippen molar-refractivity contribution in [1.29, 1.82) is 0 Å². The molecule has 0 radical (unpaired) electrons. The van der Waals surface area contributed by atoms with E-state index in [1.165, 1.54) is 66.4 Å². The van der Waals surface area contributed by atoms with E-state index < -0.39 is 0 Å². The normalized spacial score (nSPS) is 15.2. The van der Waals surface area contributed by atoms with Crippen LogP contribution in [-0.4, -0.2) is 0 Å². The van der Waals surface area contributed by atoms with Gasteiger partial charge in [0.05, 0.1) is 16.8 Å². The predicted molar refractivity (Wildman–Crippen MR) is 248 cm³/mol. The lowest BCUT2D eigenvalue weighted by Crippen LogP contribution is -2.17. The Kier molecular flexibility index (Phi) is 7.20. The lowest BCUT2D eigenvalue weighted by molar-refractivity contribution is 0.559. The minimum Gasteiger partial charge on any atom is -0.456 e. The van der Waals surface area contributed by atoms with Crippen molar-refractivity contribution in [3.63, 3.8) is 0 Å². The standard InChI is InChI=1S/C56H51NO2/c1-53(2,3)32-29-37-49-47(59-52(37)42(30-32)54(4,5)6)28-27-40-51(49)50-39(56(40,9)10)20-15-21-44(50)57(43-22-16-24-46-48(43)36-18-12-14-23-45(36)58-46)33-25-26-35-34-17-11-13-19-38(34)55(7,8)41(35)31-33/h11-31H,1-10H3. The average Bonchev–Trinajstić information content (AvgIpc) is 3.90. The van der Waals surface area contributed by atoms with E-state index in [-0.39, 0.29) is 21.7 Å². The van der Waals surface area contributed by atoms with E-state index in [9.17, 15) is 0 Å². The van der Waals surface area contributed by atoms with Crippen LogP contribution in [0.25, 0.3) is 66.1 Å². The lowest BCUT2D eigenvalue weighted by Gasteiger charge is -2.31. The molecule has 0 saturated carbocycles. The predicted octanol–water partition coefficient (Wildman–Crippen LogP) is 16.2. The molecule has 2 aromatic heterocycles. The van der Waals surface area contributed by atoms with Gasteiger partial charge in [-0.05, 0) is 104 Å². The second kappa shape index (κ2) is 11.8. The van der Waals surface area contributed by atoms with E-state index in [4.69, 9.17) is 8.83 Å². The number of rotatable bonds is 3. The highest BCUT2D eigenvalue weighted by atomic mass is 16.3. The van der Waals surface area contributed by atoms with Crippen LogP contribution in [0, 0.1) is 0 Å². The molecule has 7 aromatic carbocycles. The van der Waals surface area contributed by atoms with Gasteiger partial charge in [0.15, 0.2) is 0 Å². The second-order valence-electron chi connectivity index (χ2n) is 20.2. The molecule has 0 aliphatic heterocycles. The highest BCUT2D eigenvalue weighted by molar-refractivity contribution is 6.19. The molecule has 11 rings (SSSR count). The Hall–Kier alpha value is -6.06. The van der Waals surface area contributed by atoms with Crippen molar-refractivity contribution in [1.82, 2.24) is 0 Å². The molecule has 2 aliphatic rings. The highest BCUT2D eigenvalue weighted by Gasteiger charge is 2.42. The topological polar surface area (TPSA) is 29.5 Å². The first-order valence-corrected chi connectivity index (χ1v) is 21.2. The van der Waals surface area contributed by atoms with E-state index in [1.54, 1.807) is 0 Å². The van der Waals surface area contributed by atoms with Crippen molar-refractivity contribution in [2.75, 3.05) is 4.90 Å². The fourth-order valence-electron chi connectivity index (χ4n) is 10.6. The minimum atomic E-state index is -0.255. The Balaban J connectivity index is 1.27. The van der Waals surface area contributed by atoms with Crippen LogP contribution in [0.4, 0.5) is 17.1 Å². The van der Waals surface area contributed by atoms with E-state index >= 15 is 0 Å². The van der Waals surface area contributed by atoms with Gasteiger partial charge in [0.1, 0.15) is 22.3 Å². The zero-order chi connectivity index (χ0) is 41.0. The third-order valence-corrected chi connectivity index (χ3v) is 13.7. The Morgan fingerprint density at radius 3 is 1.90 bits per heavy atom. The van der Waals surface area contributed by atoms with Gasteiger partial charge in [-0.2, -0.15) is 0 Å². The SMILES string of the molecule is CC(C)(C)c1cc(C(C)(C)C)c2oc3ccc4c(c3c2c1)-c1c(N(c2ccc3c(c2)C(C)(C)c2ccccc2-3)c2cccc3oc5ccccc5c23)cccc1C4(C)C. The van der Waals surface area contributed by atoms with Crippen LogP contribution in [0.3, 0.4) is 0 Å². The highest BCUT2D eigenvalue weighted by Crippen LogP contribution is 2.59. The molecule has 0 saturated heterocycles. The molecule has 9 aromatic rings. The third-order valence-electron chi connectivity index (χ3n) is 13.7. The lowest BCUT2D eigenvalue weighted by atomic mass is 9.79. The van der Waals surface area contributed by atoms with Gasteiger partial charge in [-0.25, -0.2) is 0 Å². The zero-order valence-corrected chi connectivity index (χ0v) is 35.9. The van der Waals surface area contributed by atoms with Crippen molar-refractivity contribution in [2.45, 2.75) is 90.9 Å². The Morgan fingerprint density at radius 1 is 0.458 bits per heavy atom. The number of para-hydroxylation sites is 1. The molecule has 0 bridgehead atoms. The van der Waals surface area contributed by atoms with E-state index in [1.807, 2.05) is 0 Å². The summed E-state index contributed by atoms with van der Waals surface area (Å²) in [5.41, 5.74) is 19.6. The molecule has 3 heteroatoms. The molecular formula is C56H51NO2. The van der Waals surface area contributed by atoms with Crippen LogP contribution in [0.15, 0.2) is 136 Å². The first kappa shape index (κ1) is 36.1. The summed E-state index contributed by atoms with van der Waals surface area (Å²) in [5, 5.41) is 4.61. The van der Waals surface area contributed by atoms with Gasteiger partial charge in [0.25, 0.3) is 0 Å². The molecule has 2 heterocycles. The van der Waals surface area contributed by atoms with Crippen molar-refractivity contribution in [3.05, 3.63) is 161 Å². The van der Waals surface area contributed by atoms with Crippen molar-refractivity contribution < 1.29 is 8.83 Å². The van der Waals surface area contributed by atoms with E-state index in [2.05, 4.69) is 202 Å². The fraction of sp³-hybridized carbons (Fsp3) is 0.250. The third kappa shape index (κ3) is 4.94. The zero-order valence-electron chi connectivity index (χ0n) is 35.9. The monoisotopic (exact) mass is 769 g/mol. The summed E-state index contributed by atoms with van der Waals surface area (Å²) in [6.07, 6.45) is 0. The summed E-state index contributed by atoms with van der Waals surface area (Å²) in [6, 6.07) is 47.3. The summed E-state index contributed by atoms with van der Waals surface area (Å²) < 4.78 is 13.6. The molecule has 2 aliphatic carbocycles. The van der Waals surface area contributed by atoms with Crippen molar-refractivity contribution in [2.24, 2.45) is 0 Å². The summed E-state index contributed by atoms with van der Waals surface area (Å²) in [4.78, 5) is 2.52. The molecule has 0 atom stereocenters. The van der Waals surface area contributed by atoms with Crippen LogP contribution < -0.4 is 4.90 Å². The molecule has 59 heavy (non-hydrogen) atoms. The van der Waals surface area contributed by atoms with Gasteiger partial charge in [-0.15, -0.1) is 0 Å². The average molecular weight is 770 g/mol. The number of hydrogen-bond acceptors (Lipinski definition) is 3. The number of anilines is 3. The van der Waals surface area contributed by atoms with Crippen LogP contribution >= 0.6 is 0 Å². The Bertz CT molecular complexity index is 3240. The van der Waals surface area contributed by atoms with Crippen LogP contribution in [0.2, 0.25) is 0 Å². The van der Waals surface area contributed by atoms with Crippen LogP contribution in [-0.2, 0) is 21.7 Å². The summed E-state index contributed by atoms with van der Waals surface area (Å²) in [6.45, 7) is 23.4. The Labute approximate surface area is 347 Å². The number of furan rings is 2. The first-order chi connectivity index (χ1) is 28.0. The van der Waals surface area contributed by atoms with Gasteiger partial charge in [0.2, 0.25) is 0 Å². The molecule has 0 unspecified atom stereocenters. The van der Waals surface area contributed by atoms with E-state index in [0.29, 0.717) is 0 Å². The summed E-state index contributed by atoms with van der Waals surface area (Å²) >= 11 is 0. The maximum Gasteiger partial charge on any atom is 0.139 e. The van der Waals surface area contributed by atoms with Gasteiger partial charge < -0.3 is 13.7 Å². The number of hydrogen-bond donors (Lipinski definition) is 0. The molecule has 0 spiro atoms.